The first-order valence-corrected chi connectivity index (χ1v) is 9.40. The van der Waals surface area contributed by atoms with E-state index in [-0.39, 0.29) is 24.2 Å². The molecule has 0 saturated carbocycles. The maximum absolute atomic E-state index is 13.1. The second kappa shape index (κ2) is 8.60. The minimum absolute atomic E-state index is 0.0732. The number of carbonyl (C=O) groups excluding carboxylic acids is 1. The normalized spacial score (nSPS) is 10.7. The van der Waals surface area contributed by atoms with Gasteiger partial charge in [0.1, 0.15) is 23.8 Å². The van der Waals surface area contributed by atoms with Gasteiger partial charge in [0.2, 0.25) is 11.7 Å². The Morgan fingerprint density at radius 3 is 2.63 bits per heavy atom. The molecule has 0 atom stereocenters. The molecular weight excluding hydrogens is 387 g/mol. The molecule has 0 bridgehead atoms. The number of halogens is 1. The maximum atomic E-state index is 13.1. The lowest BCUT2D eigenvalue weighted by molar-refractivity contribution is -0.116. The van der Waals surface area contributed by atoms with Gasteiger partial charge < -0.3 is 19.1 Å². The second-order valence-electron chi connectivity index (χ2n) is 6.46. The molecule has 4 aromatic rings. The summed E-state index contributed by atoms with van der Waals surface area (Å²) in [5.41, 5.74) is 1.92. The third kappa shape index (κ3) is 4.38. The summed E-state index contributed by atoms with van der Waals surface area (Å²) in [5.74, 6) is 0.825. The summed E-state index contributed by atoms with van der Waals surface area (Å²) in [6.45, 7) is 2.57. The SMILES string of the molecule is CCOc1ccc(NC(=O)Cn2cccc2-c2nc(-c3ccc(F)cc3)no2)cc1. The van der Waals surface area contributed by atoms with Gasteiger partial charge in [0, 0.05) is 17.4 Å². The Hall–Kier alpha value is -3.94. The number of nitrogens with zero attached hydrogens (tertiary/aromatic N) is 3. The van der Waals surface area contributed by atoms with Crippen molar-refractivity contribution in [2.45, 2.75) is 13.5 Å². The van der Waals surface area contributed by atoms with Crippen LogP contribution in [0.1, 0.15) is 6.92 Å². The Kier molecular flexibility index (Phi) is 5.56. The first-order chi connectivity index (χ1) is 14.6. The number of carbonyl (C=O) groups is 1. The van der Waals surface area contributed by atoms with Crippen molar-refractivity contribution in [3.8, 4) is 28.7 Å². The second-order valence-corrected chi connectivity index (χ2v) is 6.46. The highest BCUT2D eigenvalue weighted by Crippen LogP contribution is 2.23. The molecule has 0 aliphatic heterocycles. The van der Waals surface area contributed by atoms with E-state index < -0.39 is 0 Å². The van der Waals surface area contributed by atoms with E-state index in [1.807, 2.05) is 6.92 Å². The molecule has 2 heterocycles. The van der Waals surface area contributed by atoms with E-state index in [0.29, 0.717) is 29.4 Å². The van der Waals surface area contributed by atoms with Crippen molar-refractivity contribution < 1.29 is 18.4 Å². The molecule has 0 unspecified atom stereocenters. The van der Waals surface area contributed by atoms with Crippen molar-refractivity contribution in [3.05, 3.63) is 72.7 Å². The van der Waals surface area contributed by atoms with Gasteiger partial charge in [-0.1, -0.05) is 5.16 Å². The van der Waals surface area contributed by atoms with E-state index in [4.69, 9.17) is 9.26 Å². The van der Waals surface area contributed by atoms with Crippen LogP contribution in [0.3, 0.4) is 0 Å². The van der Waals surface area contributed by atoms with Crippen molar-refractivity contribution in [1.29, 1.82) is 0 Å². The molecule has 30 heavy (non-hydrogen) atoms. The van der Waals surface area contributed by atoms with E-state index in [1.165, 1.54) is 12.1 Å². The molecule has 0 radical (unpaired) electrons. The lowest BCUT2D eigenvalue weighted by Crippen LogP contribution is -2.18. The Labute approximate surface area is 172 Å². The number of nitrogens with one attached hydrogen (secondary N) is 1. The summed E-state index contributed by atoms with van der Waals surface area (Å²) in [5, 5.41) is 6.80. The van der Waals surface area contributed by atoms with Crippen LogP contribution in [0.15, 0.2) is 71.4 Å². The predicted octanol–water partition coefficient (Wildman–Crippen LogP) is 4.38. The summed E-state index contributed by atoms with van der Waals surface area (Å²) >= 11 is 0. The molecule has 0 aliphatic carbocycles. The van der Waals surface area contributed by atoms with E-state index >= 15 is 0 Å². The van der Waals surface area contributed by atoms with Crippen molar-refractivity contribution in [1.82, 2.24) is 14.7 Å². The zero-order valence-electron chi connectivity index (χ0n) is 16.2. The van der Waals surface area contributed by atoms with Crippen molar-refractivity contribution in [3.63, 3.8) is 0 Å². The standard InChI is InChI=1S/C22H19FN4O3/c1-2-29-18-11-9-17(10-12-18)24-20(28)14-27-13-3-4-19(27)22-25-21(26-30-22)15-5-7-16(23)8-6-15/h3-13H,2,14H2,1H3,(H,24,28). The molecule has 2 aromatic carbocycles. The number of hydrogen-bond donors (Lipinski definition) is 1. The Bertz CT molecular complexity index is 1130. The van der Waals surface area contributed by atoms with Gasteiger partial charge in [-0.15, -0.1) is 0 Å². The van der Waals surface area contributed by atoms with Crippen molar-refractivity contribution in [2.24, 2.45) is 0 Å². The van der Waals surface area contributed by atoms with Crippen molar-refractivity contribution in [2.75, 3.05) is 11.9 Å². The fraction of sp³-hybridized carbons (Fsp3) is 0.136. The number of hydrogen-bond acceptors (Lipinski definition) is 5. The van der Waals surface area contributed by atoms with Gasteiger partial charge in [-0.2, -0.15) is 4.98 Å². The van der Waals surface area contributed by atoms with Crippen LogP contribution >= 0.6 is 0 Å². The summed E-state index contributed by atoms with van der Waals surface area (Å²) < 4.78 is 25.6. The first kappa shape index (κ1) is 19.4. The number of aromatic nitrogens is 3. The van der Waals surface area contributed by atoms with Gasteiger partial charge >= 0.3 is 0 Å². The van der Waals surface area contributed by atoms with Crippen LogP contribution in [0.4, 0.5) is 10.1 Å². The minimum atomic E-state index is -0.338. The molecular formula is C22H19FN4O3. The highest BCUT2D eigenvalue weighted by atomic mass is 19.1. The zero-order chi connectivity index (χ0) is 20.9. The fourth-order valence-corrected chi connectivity index (χ4v) is 2.95. The Morgan fingerprint density at radius 2 is 1.90 bits per heavy atom. The lowest BCUT2D eigenvalue weighted by Gasteiger charge is -2.09. The van der Waals surface area contributed by atoms with E-state index in [9.17, 15) is 9.18 Å². The number of amides is 1. The average Bonchev–Trinajstić information content (AvgIpc) is 3.40. The topological polar surface area (TPSA) is 82.2 Å². The van der Waals surface area contributed by atoms with Crippen LogP contribution in [-0.4, -0.2) is 27.2 Å². The molecule has 0 fully saturated rings. The van der Waals surface area contributed by atoms with Crippen LogP contribution in [-0.2, 0) is 11.3 Å². The molecule has 8 heteroatoms. The largest absolute Gasteiger partial charge is 0.494 e. The fourth-order valence-electron chi connectivity index (χ4n) is 2.95. The van der Waals surface area contributed by atoms with Crippen LogP contribution in [0, 0.1) is 5.82 Å². The highest BCUT2D eigenvalue weighted by molar-refractivity contribution is 5.90. The van der Waals surface area contributed by atoms with Gasteiger partial charge in [0.05, 0.1) is 6.61 Å². The van der Waals surface area contributed by atoms with Crippen molar-refractivity contribution >= 4 is 11.6 Å². The Balaban J connectivity index is 1.45. The Morgan fingerprint density at radius 1 is 1.13 bits per heavy atom. The average molecular weight is 406 g/mol. The number of anilines is 1. The van der Waals surface area contributed by atoms with E-state index in [1.54, 1.807) is 59.3 Å². The van der Waals surface area contributed by atoms with Gasteiger partial charge in [0.15, 0.2) is 0 Å². The predicted molar refractivity (Wildman–Crippen MR) is 109 cm³/mol. The molecule has 7 nitrogen and oxygen atoms in total. The smallest absolute Gasteiger partial charge is 0.274 e. The van der Waals surface area contributed by atoms with E-state index in [2.05, 4.69) is 15.5 Å². The van der Waals surface area contributed by atoms with Crippen LogP contribution in [0.5, 0.6) is 5.75 Å². The van der Waals surface area contributed by atoms with Crippen LogP contribution in [0.25, 0.3) is 23.0 Å². The van der Waals surface area contributed by atoms with Gasteiger partial charge in [-0.25, -0.2) is 4.39 Å². The first-order valence-electron chi connectivity index (χ1n) is 9.40. The molecule has 0 aliphatic rings. The molecule has 4 rings (SSSR count). The molecule has 2 aromatic heterocycles. The zero-order valence-corrected chi connectivity index (χ0v) is 16.2. The third-order valence-corrected chi connectivity index (χ3v) is 4.34. The van der Waals surface area contributed by atoms with Crippen LogP contribution < -0.4 is 10.1 Å². The minimum Gasteiger partial charge on any atom is -0.494 e. The van der Waals surface area contributed by atoms with Gasteiger partial charge in [-0.3, -0.25) is 4.79 Å². The van der Waals surface area contributed by atoms with Gasteiger partial charge in [0.25, 0.3) is 5.89 Å². The quantitative estimate of drug-likeness (QED) is 0.492. The maximum Gasteiger partial charge on any atom is 0.274 e. The molecule has 0 spiro atoms. The number of rotatable bonds is 7. The van der Waals surface area contributed by atoms with Crippen LogP contribution in [0.2, 0.25) is 0 Å². The van der Waals surface area contributed by atoms with E-state index in [0.717, 1.165) is 5.75 Å². The third-order valence-electron chi connectivity index (χ3n) is 4.34. The summed E-state index contributed by atoms with van der Waals surface area (Å²) in [7, 11) is 0. The monoisotopic (exact) mass is 406 g/mol. The molecule has 1 N–H and O–H groups in total. The van der Waals surface area contributed by atoms with Gasteiger partial charge in [-0.05, 0) is 67.6 Å². The molecule has 152 valence electrons. The summed E-state index contributed by atoms with van der Waals surface area (Å²) in [6.07, 6.45) is 1.76. The molecule has 0 saturated heterocycles. The highest BCUT2D eigenvalue weighted by Gasteiger charge is 2.15. The summed E-state index contributed by atoms with van der Waals surface area (Å²) in [6, 6.07) is 16.6. The number of ether oxygens (including phenoxy) is 1. The summed E-state index contributed by atoms with van der Waals surface area (Å²) in [4.78, 5) is 16.8. The molecule has 1 amide bonds. The number of benzene rings is 2. The lowest BCUT2D eigenvalue weighted by atomic mass is 10.2.